The number of piperidine rings is 1. The molecule has 4 rings (SSSR count). The maximum Gasteiger partial charge on any atom is 0.306 e. The second-order valence-corrected chi connectivity index (χ2v) is 19.0. The van der Waals surface area contributed by atoms with Crippen LogP contribution in [-0.2, 0) is 28.6 Å². The molecule has 2 atom stereocenters. The molecule has 1 saturated carbocycles. The molecule has 2 unspecified atom stereocenters. The van der Waals surface area contributed by atoms with Gasteiger partial charge < -0.3 is 14.2 Å². The van der Waals surface area contributed by atoms with Gasteiger partial charge in [0, 0.05) is 43.4 Å². The SMILES string of the molecule is CC(OCCC1C(C)(C)CC(OC(=O)CCCCCCCCC(=O)OC2CC(C)(C)N(OC(C)c3ccccc3)C(C)(C)C2)CC1(C)C)c1ccccc1. The van der Waals surface area contributed by atoms with Crippen LogP contribution >= 0.6 is 0 Å². The summed E-state index contributed by atoms with van der Waals surface area (Å²) in [5.74, 6) is 0.312. The minimum atomic E-state index is -0.285. The molecule has 2 aliphatic rings. The van der Waals surface area contributed by atoms with Crippen molar-refractivity contribution in [3.05, 3.63) is 71.8 Å². The number of esters is 2. The molecule has 1 aliphatic carbocycles. The van der Waals surface area contributed by atoms with Gasteiger partial charge in [-0.25, -0.2) is 0 Å². The van der Waals surface area contributed by atoms with Crippen molar-refractivity contribution in [1.82, 2.24) is 5.06 Å². The lowest BCUT2D eigenvalue weighted by Crippen LogP contribution is -2.62. The lowest BCUT2D eigenvalue weighted by molar-refractivity contribution is -0.314. The lowest BCUT2D eigenvalue weighted by atomic mass is 9.55. The van der Waals surface area contributed by atoms with E-state index in [4.69, 9.17) is 19.0 Å². The minimum absolute atomic E-state index is 0.0379. The number of carbonyl (C=O) groups is 2. The molecule has 0 spiro atoms. The quantitative estimate of drug-likeness (QED) is 0.105. The van der Waals surface area contributed by atoms with Crippen LogP contribution < -0.4 is 0 Å². The van der Waals surface area contributed by atoms with Crippen LogP contribution in [0.1, 0.15) is 176 Å². The molecule has 0 bridgehead atoms. The van der Waals surface area contributed by atoms with Crippen LogP contribution in [0.5, 0.6) is 0 Å². The summed E-state index contributed by atoms with van der Waals surface area (Å²) >= 11 is 0. The summed E-state index contributed by atoms with van der Waals surface area (Å²) in [4.78, 5) is 32.3. The van der Waals surface area contributed by atoms with Gasteiger partial charge in [0.25, 0.3) is 0 Å². The highest BCUT2D eigenvalue weighted by atomic mass is 16.7. The average molecular weight is 748 g/mol. The molecule has 2 aromatic carbocycles. The van der Waals surface area contributed by atoms with Crippen molar-refractivity contribution < 1.29 is 28.6 Å². The van der Waals surface area contributed by atoms with E-state index in [9.17, 15) is 9.59 Å². The molecular weight excluding hydrogens is 675 g/mol. The van der Waals surface area contributed by atoms with Crippen molar-refractivity contribution in [1.29, 1.82) is 0 Å². The second-order valence-electron chi connectivity index (χ2n) is 19.0. The number of carbonyl (C=O) groups excluding carboxylic acids is 2. The fourth-order valence-electron chi connectivity index (χ4n) is 9.85. The number of unbranched alkanes of at least 4 members (excludes halogenated alkanes) is 5. The van der Waals surface area contributed by atoms with Gasteiger partial charge in [-0.3, -0.25) is 14.4 Å². The number of nitrogens with zero attached hydrogens (tertiary/aromatic N) is 1. The van der Waals surface area contributed by atoms with Crippen LogP contribution in [0, 0.1) is 16.7 Å². The molecule has 0 amide bonds. The number of hydrogen-bond donors (Lipinski definition) is 0. The Bertz CT molecular complexity index is 1400. The largest absolute Gasteiger partial charge is 0.462 e. The molecule has 7 nitrogen and oxygen atoms in total. The van der Waals surface area contributed by atoms with E-state index in [1.807, 2.05) is 24.3 Å². The highest BCUT2D eigenvalue weighted by molar-refractivity contribution is 5.70. The van der Waals surface area contributed by atoms with Crippen molar-refractivity contribution in [3.8, 4) is 0 Å². The zero-order valence-corrected chi connectivity index (χ0v) is 35.5. The average Bonchev–Trinajstić information content (AvgIpc) is 3.08. The van der Waals surface area contributed by atoms with E-state index in [2.05, 4.69) is 111 Å². The van der Waals surface area contributed by atoms with Gasteiger partial charge >= 0.3 is 11.9 Å². The molecule has 0 N–H and O–H groups in total. The van der Waals surface area contributed by atoms with Crippen LogP contribution in [0.2, 0.25) is 0 Å². The maximum absolute atomic E-state index is 12.9. The molecule has 302 valence electrons. The van der Waals surface area contributed by atoms with Crippen molar-refractivity contribution >= 4 is 11.9 Å². The molecule has 1 saturated heterocycles. The highest BCUT2D eigenvalue weighted by Crippen LogP contribution is 2.53. The lowest BCUT2D eigenvalue weighted by Gasteiger charge is -2.54. The first-order chi connectivity index (χ1) is 25.4. The predicted molar refractivity (Wildman–Crippen MR) is 218 cm³/mol. The van der Waals surface area contributed by atoms with E-state index >= 15 is 0 Å². The minimum Gasteiger partial charge on any atom is -0.462 e. The van der Waals surface area contributed by atoms with Gasteiger partial charge in [-0.05, 0) is 102 Å². The Morgan fingerprint density at radius 1 is 0.611 bits per heavy atom. The van der Waals surface area contributed by atoms with E-state index in [1.54, 1.807) is 0 Å². The number of hydroxylamine groups is 2. The van der Waals surface area contributed by atoms with Gasteiger partial charge in [-0.1, -0.05) is 114 Å². The topological polar surface area (TPSA) is 74.3 Å². The summed E-state index contributed by atoms with van der Waals surface area (Å²) in [6.45, 7) is 22.9. The molecule has 2 aromatic rings. The predicted octanol–water partition coefficient (Wildman–Crippen LogP) is 11.9. The normalized spacial score (nSPS) is 23.3. The number of hydrogen-bond acceptors (Lipinski definition) is 7. The van der Waals surface area contributed by atoms with E-state index in [-0.39, 0.29) is 58.3 Å². The second kappa shape index (κ2) is 19.4. The fourth-order valence-corrected chi connectivity index (χ4v) is 9.85. The number of benzene rings is 2. The van der Waals surface area contributed by atoms with Crippen LogP contribution in [0.3, 0.4) is 0 Å². The summed E-state index contributed by atoms with van der Waals surface area (Å²) in [5.41, 5.74) is 1.89. The van der Waals surface area contributed by atoms with Gasteiger partial charge in [0.15, 0.2) is 0 Å². The standard InChI is InChI=1S/C47H73NO6/c1-35(37-23-17-15-18-24-37)51-30-29-41-44(3,4)31-39(32-45(41,5)6)52-42(49)27-21-13-11-12-14-22-28-43(50)53-40-33-46(7,8)48(47(9,10)34-40)54-36(2)38-25-19-16-20-26-38/h15-20,23-26,35-36,39-41H,11-14,21-22,27-34H2,1-10H3. The maximum atomic E-state index is 12.9. The van der Waals surface area contributed by atoms with Crippen LogP contribution in [0.4, 0.5) is 0 Å². The van der Waals surface area contributed by atoms with E-state index in [0.29, 0.717) is 18.8 Å². The molecule has 1 aliphatic heterocycles. The van der Waals surface area contributed by atoms with Crippen LogP contribution in [-0.4, -0.2) is 46.9 Å². The first-order valence-electron chi connectivity index (χ1n) is 21.0. The van der Waals surface area contributed by atoms with Crippen LogP contribution in [0.15, 0.2) is 60.7 Å². The zero-order valence-electron chi connectivity index (χ0n) is 35.5. The summed E-state index contributed by atoms with van der Waals surface area (Å²) < 4.78 is 18.4. The molecule has 1 heterocycles. The Balaban J connectivity index is 1.07. The third kappa shape index (κ3) is 12.9. The smallest absolute Gasteiger partial charge is 0.306 e. The van der Waals surface area contributed by atoms with Gasteiger partial charge in [0.05, 0.1) is 6.10 Å². The first-order valence-corrected chi connectivity index (χ1v) is 21.0. The number of ether oxygens (including phenoxy) is 3. The summed E-state index contributed by atoms with van der Waals surface area (Å²) in [7, 11) is 0. The third-order valence-electron chi connectivity index (χ3n) is 12.1. The fraction of sp³-hybridized carbons (Fsp3) is 0.702. The highest BCUT2D eigenvalue weighted by Gasteiger charge is 2.49. The Labute approximate surface area is 328 Å². The Kier molecular flexibility index (Phi) is 15.8. The first kappa shape index (κ1) is 44.0. The van der Waals surface area contributed by atoms with Crippen molar-refractivity contribution in [2.75, 3.05) is 6.61 Å². The molecule has 0 radical (unpaired) electrons. The van der Waals surface area contributed by atoms with E-state index < -0.39 is 0 Å². The summed E-state index contributed by atoms with van der Waals surface area (Å²) in [6.07, 6.45) is 10.8. The Morgan fingerprint density at radius 3 is 1.48 bits per heavy atom. The van der Waals surface area contributed by atoms with E-state index in [1.165, 1.54) is 5.56 Å². The number of rotatable bonds is 19. The van der Waals surface area contributed by atoms with Crippen molar-refractivity contribution in [2.45, 2.75) is 188 Å². The summed E-state index contributed by atoms with van der Waals surface area (Å²) in [6, 6.07) is 20.7. The zero-order chi connectivity index (χ0) is 39.6. The van der Waals surface area contributed by atoms with Crippen molar-refractivity contribution in [3.63, 3.8) is 0 Å². The van der Waals surface area contributed by atoms with E-state index in [0.717, 1.165) is 82.8 Å². The van der Waals surface area contributed by atoms with Gasteiger partial charge in [-0.2, -0.15) is 5.06 Å². The third-order valence-corrected chi connectivity index (χ3v) is 12.1. The molecule has 0 aromatic heterocycles. The Morgan fingerprint density at radius 2 is 1.02 bits per heavy atom. The summed E-state index contributed by atoms with van der Waals surface area (Å²) in [5, 5.41) is 2.13. The monoisotopic (exact) mass is 748 g/mol. The van der Waals surface area contributed by atoms with Gasteiger partial charge in [-0.15, -0.1) is 0 Å². The van der Waals surface area contributed by atoms with Crippen LogP contribution in [0.25, 0.3) is 0 Å². The Hall–Kier alpha value is -2.74. The van der Waals surface area contributed by atoms with Gasteiger partial charge in [0.1, 0.15) is 18.3 Å². The molecule has 54 heavy (non-hydrogen) atoms. The molecular formula is C47H73NO6. The molecule has 2 fully saturated rings. The van der Waals surface area contributed by atoms with Crippen molar-refractivity contribution in [2.24, 2.45) is 16.7 Å². The molecule has 7 heteroatoms. The van der Waals surface area contributed by atoms with Gasteiger partial charge in [0.2, 0.25) is 0 Å².